The molecule has 1 fully saturated rings. The van der Waals surface area contributed by atoms with Gasteiger partial charge in [0, 0.05) is 12.6 Å². The number of amides is 1. The normalized spacial score (nSPS) is 24.7. The van der Waals surface area contributed by atoms with E-state index >= 15 is 0 Å². The fraction of sp³-hybridized carbons (Fsp3) is 0.846. The number of nitrogens with two attached hydrogens (primary N) is 1. The molecule has 0 saturated carbocycles. The van der Waals surface area contributed by atoms with E-state index in [4.69, 9.17) is 10.9 Å². The van der Waals surface area contributed by atoms with Crippen LogP contribution in [0, 0.1) is 5.41 Å². The lowest BCUT2D eigenvalue weighted by atomic mass is 9.83. The van der Waals surface area contributed by atoms with Crippen LogP contribution in [0.3, 0.4) is 0 Å². The summed E-state index contributed by atoms with van der Waals surface area (Å²) in [5, 5.41) is 11.9. The fourth-order valence-corrected chi connectivity index (χ4v) is 2.56. The first-order chi connectivity index (χ1) is 8.51. The van der Waals surface area contributed by atoms with Crippen LogP contribution in [0.1, 0.15) is 52.9 Å². The van der Waals surface area contributed by atoms with E-state index in [1.807, 2.05) is 11.8 Å². The molecule has 1 aliphatic heterocycles. The van der Waals surface area contributed by atoms with E-state index in [2.05, 4.69) is 12.1 Å². The van der Waals surface area contributed by atoms with Crippen molar-refractivity contribution < 1.29 is 10.0 Å². The summed E-state index contributed by atoms with van der Waals surface area (Å²) in [4.78, 5) is 14.6. The van der Waals surface area contributed by atoms with Crippen molar-refractivity contribution in [1.29, 1.82) is 0 Å². The van der Waals surface area contributed by atoms with Crippen molar-refractivity contribution in [2.24, 2.45) is 16.3 Å². The zero-order valence-electron chi connectivity index (χ0n) is 11.6. The van der Waals surface area contributed by atoms with E-state index in [0.29, 0.717) is 12.5 Å². The first-order valence-corrected chi connectivity index (χ1v) is 6.80. The van der Waals surface area contributed by atoms with Crippen LogP contribution in [0.5, 0.6) is 0 Å². The third kappa shape index (κ3) is 2.60. The van der Waals surface area contributed by atoms with E-state index in [1.165, 1.54) is 6.42 Å². The predicted octanol–water partition coefficient (Wildman–Crippen LogP) is 1.94. The highest BCUT2D eigenvalue weighted by molar-refractivity contribution is 6.06. The monoisotopic (exact) mass is 255 g/mol. The summed E-state index contributed by atoms with van der Waals surface area (Å²) in [6.07, 6.45) is 4.77. The number of hydrogen-bond donors (Lipinski definition) is 2. The van der Waals surface area contributed by atoms with Gasteiger partial charge in [0.2, 0.25) is 5.91 Å². The Kier molecular flexibility index (Phi) is 4.99. The van der Waals surface area contributed by atoms with Crippen LogP contribution >= 0.6 is 0 Å². The molecule has 3 N–H and O–H groups in total. The van der Waals surface area contributed by atoms with Crippen LogP contribution in [0.4, 0.5) is 0 Å². The van der Waals surface area contributed by atoms with Crippen molar-refractivity contribution in [1.82, 2.24) is 4.90 Å². The third-order valence-electron chi connectivity index (χ3n) is 4.21. The van der Waals surface area contributed by atoms with Gasteiger partial charge in [-0.2, -0.15) is 0 Å². The predicted molar refractivity (Wildman–Crippen MR) is 71.4 cm³/mol. The maximum absolute atomic E-state index is 12.7. The Balaban J connectivity index is 2.95. The fourth-order valence-electron chi connectivity index (χ4n) is 2.56. The highest BCUT2D eigenvalue weighted by atomic mass is 16.4. The molecular weight excluding hydrogens is 230 g/mol. The Morgan fingerprint density at radius 2 is 2.17 bits per heavy atom. The molecule has 2 atom stereocenters. The second-order valence-corrected chi connectivity index (χ2v) is 5.23. The Morgan fingerprint density at radius 3 is 2.67 bits per heavy atom. The molecule has 2 unspecified atom stereocenters. The van der Waals surface area contributed by atoms with Crippen molar-refractivity contribution in [3.63, 3.8) is 0 Å². The molecule has 1 rings (SSSR count). The molecular formula is C13H25N3O2. The average molecular weight is 255 g/mol. The summed E-state index contributed by atoms with van der Waals surface area (Å²) in [6, 6.07) is 0.295. The smallest absolute Gasteiger partial charge is 0.236 e. The standard InChI is InChI=1S/C13H25N3O2/c1-4-10-8-6-7-9-16(10)12(17)13(3,5-2)11(14)15-18/h10,18H,4-9H2,1-3H3,(H2,14,15). The number of piperidine rings is 1. The van der Waals surface area contributed by atoms with Crippen molar-refractivity contribution in [3.8, 4) is 0 Å². The van der Waals surface area contributed by atoms with Crippen LogP contribution in [-0.2, 0) is 4.79 Å². The van der Waals surface area contributed by atoms with Crippen LogP contribution < -0.4 is 5.73 Å². The van der Waals surface area contributed by atoms with Gasteiger partial charge >= 0.3 is 0 Å². The van der Waals surface area contributed by atoms with Crippen molar-refractivity contribution in [3.05, 3.63) is 0 Å². The summed E-state index contributed by atoms with van der Waals surface area (Å²) >= 11 is 0. The Bertz CT molecular complexity index is 330. The average Bonchev–Trinajstić information content (AvgIpc) is 2.44. The first-order valence-electron chi connectivity index (χ1n) is 6.80. The summed E-state index contributed by atoms with van der Waals surface area (Å²) < 4.78 is 0. The number of carbonyl (C=O) groups excluding carboxylic acids is 1. The molecule has 1 saturated heterocycles. The Labute approximate surface area is 109 Å². The summed E-state index contributed by atoms with van der Waals surface area (Å²) in [7, 11) is 0. The van der Waals surface area contributed by atoms with E-state index in [1.54, 1.807) is 6.92 Å². The van der Waals surface area contributed by atoms with Crippen molar-refractivity contribution in [2.45, 2.75) is 58.9 Å². The summed E-state index contributed by atoms with van der Waals surface area (Å²) in [6.45, 7) is 6.53. The Hall–Kier alpha value is -1.26. The number of nitrogens with zero attached hydrogens (tertiary/aromatic N) is 2. The van der Waals surface area contributed by atoms with Crippen LogP contribution in [0.25, 0.3) is 0 Å². The Morgan fingerprint density at radius 1 is 1.50 bits per heavy atom. The van der Waals surface area contributed by atoms with Gasteiger partial charge in [0.05, 0.1) is 0 Å². The molecule has 0 aromatic heterocycles. The molecule has 5 heteroatoms. The number of rotatable bonds is 4. The molecule has 1 heterocycles. The number of amidine groups is 1. The quantitative estimate of drug-likeness (QED) is 0.349. The van der Waals surface area contributed by atoms with Gasteiger partial charge in [0.15, 0.2) is 5.84 Å². The van der Waals surface area contributed by atoms with E-state index < -0.39 is 5.41 Å². The molecule has 1 aliphatic rings. The van der Waals surface area contributed by atoms with Gasteiger partial charge < -0.3 is 15.8 Å². The summed E-state index contributed by atoms with van der Waals surface area (Å²) in [5.74, 6) is 0.00211. The molecule has 0 aromatic carbocycles. The minimum absolute atomic E-state index is 0.00755. The minimum atomic E-state index is -0.889. The molecule has 104 valence electrons. The topological polar surface area (TPSA) is 78.9 Å². The van der Waals surface area contributed by atoms with Gasteiger partial charge in [-0.25, -0.2) is 0 Å². The second-order valence-electron chi connectivity index (χ2n) is 5.23. The SMILES string of the molecule is CCC1CCCCN1C(=O)C(C)(CC)C(N)=NO. The number of oxime groups is 1. The molecule has 1 amide bonds. The molecule has 0 bridgehead atoms. The molecule has 0 aliphatic carbocycles. The van der Waals surface area contributed by atoms with Gasteiger partial charge in [-0.05, 0) is 39.0 Å². The van der Waals surface area contributed by atoms with Crippen LogP contribution in [0.2, 0.25) is 0 Å². The van der Waals surface area contributed by atoms with Gasteiger partial charge in [0.25, 0.3) is 0 Å². The number of carbonyl (C=O) groups is 1. The molecule has 0 aromatic rings. The van der Waals surface area contributed by atoms with Crippen LogP contribution in [-0.4, -0.2) is 34.4 Å². The van der Waals surface area contributed by atoms with E-state index in [-0.39, 0.29) is 11.7 Å². The zero-order valence-corrected chi connectivity index (χ0v) is 11.6. The lowest BCUT2D eigenvalue weighted by molar-refractivity contribution is -0.141. The number of likely N-dealkylation sites (tertiary alicyclic amines) is 1. The number of hydrogen-bond acceptors (Lipinski definition) is 3. The van der Waals surface area contributed by atoms with Crippen molar-refractivity contribution in [2.75, 3.05) is 6.54 Å². The highest BCUT2D eigenvalue weighted by Crippen LogP contribution is 2.29. The maximum atomic E-state index is 12.7. The lowest BCUT2D eigenvalue weighted by Crippen LogP contribution is -2.54. The van der Waals surface area contributed by atoms with Gasteiger partial charge in [-0.1, -0.05) is 19.0 Å². The van der Waals surface area contributed by atoms with E-state index in [9.17, 15) is 4.79 Å². The van der Waals surface area contributed by atoms with Gasteiger partial charge in [-0.15, -0.1) is 0 Å². The highest BCUT2D eigenvalue weighted by Gasteiger charge is 2.41. The van der Waals surface area contributed by atoms with E-state index in [0.717, 1.165) is 25.8 Å². The van der Waals surface area contributed by atoms with Crippen molar-refractivity contribution >= 4 is 11.7 Å². The van der Waals surface area contributed by atoms with Gasteiger partial charge in [0.1, 0.15) is 5.41 Å². The largest absolute Gasteiger partial charge is 0.409 e. The third-order valence-corrected chi connectivity index (χ3v) is 4.21. The molecule has 0 radical (unpaired) electrons. The summed E-state index contributed by atoms with van der Waals surface area (Å²) in [5.41, 5.74) is 4.82. The zero-order chi connectivity index (χ0) is 13.8. The molecule has 0 spiro atoms. The lowest BCUT2D eigenvalue weighted by Gasteiger charge is -2.40. The maximum Gasteiger partial charge on any atom is 0.236 e. The first kappa shape index (κ1) is 14.8. The molecule has 18 heavy (non-hydrogen) atoms. The van der Waals surface area contributed by atoms with Gasteiger partial charge in [-0.3, -0.25) is 4.79 Å². The van der Waals surface area contributed by atoms with Crippen LogP contribution in [0.15, 0.2) is 5.16 Å². The second kappa shape index (κ2) is 6.07. The minimum Gasteiger partial charge on any atom is -0.409 e. The molecule has 5 nitrogen and oxygen atoms in total.